The molecule has 0 saturated carbocycles. The third-order valence-electron chi connectivity index (χ3n) is 6.15. The first-order valence-electron chi connectivity index (χ1n) is 10.7. The zero-order valence-electron chi connectivity index (χ0n) is 18.2. The number of benzene rings is 1. The van der Waals surface area contributed by atoms with Crippen LogP contribution < -0.4 is 5.56 Å². The minimum atomic E-state index is -4.41. The molecule has 0 aliphatic carbocycles. The van der Waals surface area contributed by atoms with E-state index < -0.39 is 11.7 Å². The van der Waals surface area contributed by atoms with Crippen molar-refractivity contribution in [3.8, 4) is 11.4 Å². The molecule has 0 atom stereocenters. The van der Waals surface area contributed by atoms with Gasteiger partial charge >= 0.3 is 6.18 Å². The van der Waals surface area contributed by atoms with Crippen LogP contribution in [0.5, 0.6) is 0 Å². The minimum Gasteiger partial charge on any atom is -0.306 e. The Kier molecular flexibility index (Phi) is 5.08. The van der Waals surface area contributed by atoms with E-state index >= 15 is 0 Å². The molecule has 3 aromatic heterocycles. The van der Waals surface area contributed by atoms with Gasteiger partial charge in [0.2, 0.25) is 0 Å². The maximum atomic E-state index is 12.8. The maximum Gasteiger partial charge on any atom is 0.416 e. The molecule has 0 spiro atoms. The average Bonchev–Trinajstić information content (AvgIpc) is 3.10. The zero-order chi connectivity index (χ0) is 23.3. The van der Waals surface area contributed by atoms with Gasteiger partial charge in [0.05, 0.1) is 28.2 Å². The van der Waals surface area contributed by atoms with Crippen LogP contribution in [-0.2, 0) is 25.7 Å². The van der Waals surface area contributed by atoms with Gasteiger partial charge in [-0.1, -0.05) is 18.2 Å². The Morgan fingerprint density at radius 3 is 2.58 bits per heavy atom. The fourth-order valence-electron chi connectivity index (χ4n) is 4.34. The monoisotopic (exact) mass is 453 g/mol. The highest BCUT2D eigenvalue weighted by Gasteiger charge is 2.30. The number of imidazole rings is 1. The van der Waals surface area contributed by atoms with Crippen molar-refractivity contribution in [2.75, 3.05) is 6.54 Å². The van der Waals surface area contributed by atoms with E-state index in [1.165, 1.54) is 12.1 Å². The third kappa shape index (κ3) is 3.93. The fraction of sp³-hybridized carbons (Fsp3) is 0.292. The van der Waals surface area contributed by atoms with Gasteiger partial charge in [-0.05, 0) is 37.6 Å². The number of halogens is 3. The first kappa shape index (κ1) is 21.4. The topological polar surface area (TPSA) is 66.3 Å². The van der Waals surface area contributed by atoms with Crippen molar-refractivity contribution in [3.63, 3.8) is 0 Å². The van der Waals surface area contributed by atoms with Crippen LogP contribution in [0.4, 0.5) is 13.2 Å². The number of H-pyrrole nitrogens is 1. The van der Waals surface area contributed by atoms with Gasteiger partial charge in [0.1, 0.15) is 11.5 Å². The molecule has 33 heavy (non-hydrogen) atoms. The van der Waals surface area contributed by atoms with Gasteiger partial charge in [0.15, 0.2) is 0 Å². The molecule has 6 nitrogen and oxygen atoms in total. The van der Waals surface area contributed by atoms with E-state index in [1.54, 1.807) is 0 Å². The van der Waals surface area contributed by atoms with Crippen molar-refractivity contribution in [3.05, 3.63) is 86.7 Å². The summed E-state index contributed by atoms with van der Waals surface area (Å²) in [5.74, 6) is 0.286. The molecular weight excluding hydrogens is 431 g/mol. The Morgan fingerprint density at radius 2 is 1.85 bits per heavy atom. The molecular formula is C24H22F3N5O. The molecule has 5 rings (SSSR count). The van der Waals surface area contributed by atoms with Gasteiger partial charge in [-0.25, -0.2) is 9.97 Å². The molecule has 9 heteroatoms. The van der Waals surface area contributed by atoms with Crippen LogP contribution in [0.15, 0.2) is 47.4 Å². The number of rotatable bonds is 3. The predicted octanol–water partition coefficient (Wildman–Crippen LogP) is 4.28. The molecule has 1 aliphatic rings. The summed E-state index contributed by atoms with van der Waals surface area (Å²) in [5, 5.41) is 0. The van der Waals surface area contributed by atoms with E-state index in [0.717, 1.165) is 34.7 Å². The average molecular weight is 453 g/mol. The van der Waals surface area contributed by atoms with Crippen LogP contribution in [-0.4, -0.2) is 30.8 Å². The van der Waals surface area contributed by atoms with Gasteiger partial charge in [-0.2, -0.15) is 13.2 Å². The number of aromatic amines is 1. The molecule has 0 radical (unpaired) electrons. The number of aromatic nitrogens is 4. The lowest BCUT2D eigenvalue weighted by Crippen LogP contribution is -2.35. The predicted molar refractivity (Wildman–Crippen MR) is 118 cm³/mol. The van der Waals surface area contributed by atoms with Gasteiger partial charge in [0, 0.05) is 37.8 Å². The summed E-state index contributed by atoms with van der Waals surface area (Å²) in [6.07, 6.45) is -1.82. The maximum absolute atomic E-state index is 12.8. The molecule has 0 unspecified atom stereocenters. The second-order valence-electron chi connectivity index (χ2n) is 8.40. The lowest BCUT2D eigenvalue weighted by molar-refractivity contribution is -0.137. The molecule has 0 saturated heterocycles. The summed E-state index contributed by atoms with van der Waals surface area (Å²) in [7, 11) is 0. The van der Waals surface area contributed by atoms with E-state index in [9.17, 15) is 18.0 Å². The Hall–Kier alpha value is -3.46. The van der Waals surface area contributed by atoms with Crippen LogP contribution >= 0.6 is 0 Å². The molecule has 0 bridgehead atoms. The lowest BCUT2D eigenvalue weighted by atomic mass is 10.1. The normalized spacial score (nSPS) is 14.6. The highest BCUT2D eigenvalue weighted by Crippen LogP contribution is 2.30. The van der Waals surface area contributed by atoms with Gasteiger partial charge in [-0.15, -0.1) is 0 Å². The Morgan fingerprint density at radius 1 is 1.09 bits per heavy atom. The van der Waals surface area contributed by atoms with Crippen LogP contribution in [0.2, 0.25) is 0 Å². The molecule has 1 aliphatic heterocycles. The first-order chi connectivity index (χ1) is 15.7. The number of nitrogens with one attached hydrogen (secondary N) is 1. The van der Waals surface area contributed by atoms with Crippen LogP contribution in [0, 0.1) is 13.8 Å². The van der Waals surface area contributed by atoms with Crippen molar-refractivity contribution >= 4 is 5.65 Å². The highest BCUT2D eigenvalue weighted by atomic mass is 19.4. The SMILES string of the molecule is Cc1nc2c(C)cccn2c1CN1CCc2nc(-c3ccc(C(F)(F)F)cc3)[nH]c(=O)c2C1. The fourth-order valence-corrected chi connectivity index (χ4v) is 4.34. The Labute approximate surface area is 187 Å². The van der Waals surface area contributed by atoms with Crippen LogP contribution in [0.1, 0.15) is 33.8 Å². The number of hydrogen-bond acceptors (Lipinski definition) is 4. The summed E-state index contributed by atoms with van der Waals surface area (Å²) in [6, 6.07) is 8.68. The Bertz CT molecular complexity index is 1400. The highest BCUT2D eigenvalue weighted by molar-refractivity contribution is 5.56. The quantitative estimate of drug-likeness (QED) is 0.503. The largest absolute Gasteiger partial charge is 0.416 e. The number of hydrogen-bond donors (Lipinski definition) is 1. The summed E-state index contributed by atoms with van der Waals surface area (Å²) < 4.78 is 40.6. The molecule has 0 fully saturated rings. The standard InChI is InChI=1S/C24H22F3N5O/c1-14-4-3-10-32-20(15(2)28-22(14)32)13-31-11-9-19-18(12-31)23(33)30-21(29-19)16-5-7-17(8-6-16)24(25,26)27/h3-8,10H,9,11-13H2,1-2H3,(H,29,30,33). The Balaban J connectivity index is 1.40. The number of nitrogens with zero attached hydrogens (tertiary/aromatic N) is 4. The molecule has 4 aromatic rings. The van der Waals surface area contributed by atoms with E-state index in [4.69, 9.17) is 4.98 Å². The van der Waals surface area contributed by atoms with Gasteiger partial charge < -0.3 is 9.38 Å². The van der Waals surface area contributed by atoms with Crippen LogP contribution in [0.25, 0.3) is 17.0 Å². The van der Waals surface area contributed by atoms with E-state index in [2.05, 4.69) is 19.3 Å². The molecule has 4 heterocycles. The van der Waals surface area contributed by atoms with Crippen molar-refractivity contribution < 1.29 is 13.2 Å². The summed E-state index contributed by atoms with van der Waals surface area (Å²) >= 11 is 0. The molecule has 0 amide bonds. The first-order valence-corrected chi connectivity index (χ1v) is 10.7. The van der Waals surface area contributed by atoms with Crippen molar-refractivity contribution in [2.24, 2.45) is 0 Å². The minimum absolute atomic E-state index is 0.259. The second kappa shape index (κ2) is 7.84. The van der Waals surface area contributed by atoms with E-state index in [1.807, 2.05) is 32.2 Å². The molecule has 1 aromatic carbocycles. The molecule has 170 valence electrons. The van der Waals surface area contributed by atoms with E-state index in [0.29, 0.717) is 42.9 Å². The third-order valence-corrected chi connectivity index (χ3v) is 6.15. The lowest BCUT2D eigenvalue weighted by Gasteiger charge is -2.27. The number of fused-ring (bicyclic) bond motifs is 2. The van der Waals surface area contributed by atoms with Gasteiger partial charge in [0.25, 0.3) is 5.56 Å². The smallest absolute Gasteiger partial charge is 0.306 e. The second-order valence-corrected chi connectivity index (χ2v) is 8.40. The molecule has 1 N–H and O–H groups in total. The van der Waals surface area contributed by atoms with Crippen molar-refractivity contribution in [1.82, 2.24) is 24.3 Å². The number of pyridine rings is 1. The summed E-state index contributed by atoms with van der Waals surface area (Å²) in [6.45, 7) is 5.83. The summed E-state index contributed by atoms with van der Waals surface area (Å²) in [4.78, 5) is 27.0. The summed E-state index contributed by atoms with van der Waals surface area (Å²) in [5.41, 5.74) is 4.82. The zero-order valence-corrected chi connectivity index (χ0v) is 18.2. The van der Waals surface area contributed by atoms with Crippen molar-refractivity contribution in [1.29, 1.82) is 0 Å². The van der Waals surface area contributed by atoms with E-state index in [-0.39, 0.29) is 11.4 Å². The number of aryl methyl sites for hydroxylation is 2. The van der Waals surface area contributed by atoms with Gasteiger partial charge in [-0.3, -0.25) is 9.69 Å². The number of alkyl halides is 3. The van der Waals surface area contributed by atoms with Crippen LogP contribution in [0.3, 0.4) is 0 Å². The van der Waals surface area contributed by atoms with Crippen molar-refractivity contribution in [2.45, 2.75) is 39.5 Å².